The smallest absolute Gasteiger partial charge is 0.253 e. The Balaban J connectivity index is 2.88. The number of carbonyl (C=O) groups excluding carboxylic acids is 1. The highest BCUT2D eigenvalue weighted by atomic mass is 35.5. The molecule has 1 aromatic carbocycles. The molecule has 16 heavy (non-hydrogen) atoms. The van der Waals surface area contributed by atoms with Crippen molar-refractivity contribution in [2.75, 3.05) is 19.3 Å². The summed E-state index contributed by atoms with van der Waals surface area (Å²) in [5, 5.41) is 0.398. The molecule has 0 aliphatic heterocycles. The van der Waals surface area contributed by atoms with Gasteiger partial charge in [0.2, 0.25) is 0 Å². The van der Waals surface area contributed by atoms with Gasteiger partial charge in [-0.1, -0.05) is 23.8 Å². The van der Waals surface area contributed by atoms with Crippen molar-refractivity contribution in [1.29, 1.82) is 0 Å². The molecule has 0 aromatic heterocycles. The van der Waals surface area contributed by atoms with Crippen LogP contribution in [0.4, 0.5) is 5.69 Å². The van der Waals surface area contributed by atoms with E-state index in [1.54, 1.807) is 30.1 Å². The highest BCUT2D eigenvalue weighted by Crippen LogP contribution is 2.20. The SMILES string of the molecule is C=C(C)CN(C)C(=O)c1ccc(N)c(Cl)c1. The van der Waals surface area contributed by atoms with E-state index in [-0.39, 0.29) is 5.91 Å². The van der Waals surface area contributed by atoms with Crippen LogP contribution in [-0.2, 0) is 0 Å². The lowest BCUT2D eigenvalue weighted by Crippen LogP contribution is -2.28. The van der Waals surface area contributed by atoms with Crippen molar-refractivity contribution in [3.8, 4) is 0 Å². The van der Waals surface area contributed by atoms with E-state index in [2.05, 4.69) is 6.58 Å². The summed E-state index contributed by atoms with van der Waals surface area (Å²) in [5.74, 6) is -0.0927. The van der Waals surface area contributed by atoms with Gasteiger partial charge in [0, 0.05) is 19.2 Å². The maximum atomic E-state index is 11.9. The van der Waals surface area contributed by atoms with Crippen molar-refractivity contribution in [1.82, 2.24) is 4.90 Å². The Morgan fingerprint density at radius 1 is 1.56 bits per heavy atom. The summed E-state index contributed by atoms with van der Waals surface area (Å²) in [4.78, 5) is 13.5. The molecule has 0 saturated heterocycles. The van der Waals surface area contributed by atoms with Gasteiger partial charge in [0.05, 0.1) is 10.7 Å². The van der Waals surface area contributed by atoms with Gasteiger partial charge in [-0.15, -0.1) is 0 Å². The number of nitrogens with zero attached hydrogens (tertiary/aromatic N) is 1. The molecule has 0 radical (unpaired) electrons. The Bertz CT molecular complexity index is 429. The predicted molar refractivity (Wildman–Crippen MR) is 67.6 cm³/mol. The standard InChI is InChI=1S/C12H15ClN2O/c1-8(2)7-15(3)12(16)9-4-5-11(14)10(13)6-9/h4-6H,1,7,14H2,2-3H3. The molecule has 0 heterocycles. The summed E-state index contributed by atoms with van der Waals surface area (Å²) in [6.45, 7) is 6.17. The van der Waals surface area contributed by atoms with Crippen LogP contribution < -0.4 is 5.73 Å². The zero-order valence-corrected chi connectivity index (χ0v) is 10.2. The molecule has 0 aliphatic rings. The largest absolute Gasteiger partial charge is 0.398 e. The van der Waals surface area contributed by atoms with Crippen molar-refractivity contribution in [3.05, 3.63) is 40.9 Å². The van der Waals surface area contributed by atoms with Gasteiger partial charge >= 0.3 is 0 Å². The molecule has 0 fully saturated rings. The number of likely N-dealkylation sites (N-methyl/N-ethyl adjacent to an activating group) is 1. The van der Waals surface area contributed by atoms with Crippen LogP contribution in [0.15, 0.2) is 30.4 Å². The number of anilines is 1. The number of rotatable bonds is 3. The highest BCUT2D eigenvalue weighted by Gasteiger charge is 2.12. The highest BCUT2D eigenvalue weighted by molar-refractivity contribution is 6.33. The average Bonchev–Trinajstić information content (AvgIpc) is 2.20. The molecule has 0 unspecified atom stereocenters. The number of carbonyl (C=O) groups is 1. The Morgan fingerprint density at radius 2 is 2.19 bits per heavy atom. The van der Waals surface area contributed by atoms with Gasteiger partial charge in [-0.05, 0) is 25.1 Å². The third-order valence-corrected chi connectivity index (χ3v) is 2.43. The Kier molecular flexibility index (Phi) is 3.96. The maximum Gasteiger partial charge on any atom is 0.253 e. The maximum absolute atomic E-state index is 11.9. The molecular formula is C12H15ClN2O. The molecule has 0 aliphatic carbocycles. The van der Waals surface area contributed by atoms with Crippen LogP contribution in [0, 0.1) is 0 Å². The fraction of sp³-hybridized carbons (Fsp3) is 0.250. The minimum Gasteiger partial charge on any atom is -0.398 e. The molecule has 4 heteroatoms. The second kappa shape index (κ2) is 5.03. The van der Waals surface area contributed by atoms with Crippen LogP contribution in [0.1, 0.15) is 17.3 Å². The van der Waals surface area contributed by atoms with E-state index in [1.165, 1.54) is 0 Å². The molecule has 0 bridgehead atoms. The second-order valence-electron chi connectivity index (χ2n) is 3.85. The number of hydrogen-bond donors (Lipinski definition) is 1. The lowest BCUT2D eigenvalue weighted by Gasteiger charge is -2.17. The normalized spacial score (nSPS) is 9.94. The van der Waals surface area contributed by atoms with Crippen molar-refractivity contribution in [2.24, 2.45) is 0 Å². The van der Waals surface area contributed by atoms with Crippen LogP contribution in [0.3, 0.4) is 0 Å². The van der Waals surface area contributed by atoms with E-state index in [1.807, 2.05) is 6.92 Å². The average molecular weight is 239 g/mol. The van der Waals surface area contributed by atoms with Crippen molar-refractivity contribution < 1.29 is 4.79 Å². The Labute approximate surface area is 100 Å². The minimum atomic E-state index is -0.0927. The van der Waals surface area contributed by atoms with Gasteiger partial charge in [-0.25, -0.2) is 0 Å². The summed E-state index contributed by atoms with van der Waals surface area (Å²) in [7, 11) is 1.72. The summed E-state index contributed by atoms with van der Waals surface area (Å²) < 4.78 is 0. The van der Waals surface area contributed by atoms with Crippen LogP contribution in [0.2, 0.25) is 5.02 Å². The van der Waals surface area contributed by atoms with Crippen LogP contribution in [0.5, 0.6) is 0 Å². The number of nitrogens with two attached hydrogens (primary N) is 1. The van der Waals surface area contributed by atoms with Crippen molar-refractivity contribution in [3.63, 3.8) is 0 Å². The van der Waals surface area contributed by atoms with E-state index in [9.17, 15) is 4.79 Å². The predicted octanol–water partition coefficient (Wildman–Crippen LogP) is 2.57. The molecule has 3 nitrogen and oxygen atoms in total. The van der Waals surface area contributed by atoms with Crippen LogP contribution in [-0.4, -0.2) is 24.4 Å². The molecule has 86 valence electrons. The van der Waals surface area contributed by atoms with Crippen molar-refractivity contribution in [2.45, 2.75) is 6.92 Å². The number of amides is 1. The van der Waals surface area contributed by atoms with E-state index in [4.69, 9.17) is 17.3 Å². The lowest BCUT2D eigenvalue weighted by atomic mass is 10.2. The molecule has 1 aromatic rings. The van der Waals surface area contributed by atoms with Gasteiger partial charge in [-0.2, -0.15) is 0 Å². The molecule has 1 rings (SSSR count). The lowest BCUT2D eigenvalue weighted by molar-refractivity contribution is 0.0807. The Morgan fingerprint density at radius 3 is 2.69 bits per heavy atom. The van der Waals surface area contributed by atoms with Gasteiger partial charge in [0.25, 0.3) is 5.91 Å². The van der Waals surface area contributed by atoms with Gasteiger partial charge in [0.1, 0.15) is 0 Å². The first-order valence-corrected chi connectivity index (χ1v) is 5.24. The number of benzene rings is 1. The van der Waals surface area contributed by atoms with Crippen LogP contribution in [0.25, 0.3) is 0 Å². The topological polar surface area (TPSA) is 46.3 Å². The molecule has 0 spiro atoms. The first kappa shape index (κ1) is 12.6. The minimum absolute atomic E-state index is 0.0927. The summed E-state index contributed by atoms with van der Waals surface area (Å²) in [6.07, 6.45) is 0. The first-order valence-electron chi connectivity index (χ1n) is 4.86. The molecule has 2 N–H and O–H groups in total. The van der Waals surface area contributed by atoms with E-state index in [0.29, 0.717) is 22.8 Å². The third kappa shape index (κ3) is 3.00. The number of nitrogen functional groups attached to an aromatic ring is 1. The summed E-state index contributed by atoms with van der Waals surface area (Å²) in [6, 6.07) is 4.87. The van der Waals surface area contributed by atoms with E-state index >= 15 is 0 Å². The molecule has 0 saturated carbocycles. The van der Waals surface area contributed by atoms with Gasteiger partial charge < -0.3 is 10.6 Å². The monoisotopic (exact) mass is 238 g/mol. The molecule has 0 atom stereocenters. The number of hydrogen-bond acceptors (Lipinski definition) is 2. The number of halogens is 1. The third-order valence-electron chi connectivity index (χ3n) is 2.10. The van der Waals surface area contributed by atoms with E-state index < -0.39 is 0 Å². The van der Waals surface area contributed by atoms with Crippen LogP contribution >= 0.6 is 11.6 Å². The molecular weight excluding hydrogens is 224 g/mol. The zero-order chi connectivity index (χ0) is 12.3. The Hall–Kier alpha value is -1.48. The second-order valence-corrected chi connectivity index (χ2v) is 4.26. The quantitative estimate of drug-likeness (QED) is 0.650. The zero-order valence-electron chi connectivity index (χ0n) is 9.46. The van der Waals surface area contributed by atoms with Gasteiger partial charge in [0.15, 0.2) is 0 Å². The summed E-state index contributed by atoms with van der Waals surface area (Å²) in [5.41, 5.74) is 7.51. The first-order chi connectivity index (χ1) is 7.41. The molecule has 1 amide bonds. The fourth-order valence-electron chi connectivity index (χ4n) is 1.36. The van der Waals surface area contributed by atoms with Gasteiger partial charge in [-0.3, -0.25) is 4.79 Å². The fourth-order valence-corrected chi connectivity index (χ4v) is 1.54. The van der Waals surface area contributed by atoms with Crippen molar-refractivity contribution >= 4 is 23.2 Å². The summed E-state index contributed by atoms with van der Waals surface area (Å²) >= 11 is 5.86. The van der Waals surface area contributed by atoms with E-state index in [0.717, 1.165) is 5.57 Å².